The van der Waals surface area contributed by atoms with E-state index in [4.69, 9.17) is 5.26 Å². The summed E-state index contributed by atoms with van der Waals surface area (Å²) in [6.45, 7) is 5.65. The lowest BCUT2D eigenvalue weighted by molar-refractivity contribution is -0.0932. The molecule has 0 bridgehead atoms. The second-order valence-electron chi connectivity index (χ2n) is 5.62. The number of aliphatic hydroxyl groups is 1. The SMILES string of the molecule is Cc1cc(C#N)ccc1S(=O)(=O)N1CC(O)(C(C)C)C1. The summed E-state index contributed by atoms with van der Waals surface area (Å²) in [6.07, 6.45) is 0. The molecule has 20 heavy (non-hydrogen) atoms. The molecule has 0 radical (unpaired) electrons. The van der Waals surface area contributed by atoms with E-state index in [0.717, 1.165) is 0 Å². The van der Waals surface area contributed by atoms with Crippen LogP contribution in [0.15, 0.2) is 23.1 Å². The molecule has 1 aliphatic rings. The van der Waals surface area contributed by atoms with Gasteiger partial charge in [-0.15, -0.1) is 0 Å². The normalized spacial score (nSPS) is 18.6. The van der Waals surface area contributed by atoms with Crippen LogP contribution in [0, 0.1) is 24.2 Å². The van der Waals surface area contributed by atoms with E-state index in [1.54, 1.807) is 13.0 Å². The smallest absolute Gasteiger partial charge is 0.243 e. The predicted molar refractivity (Wildman–Crippen MR) is 74.4 cm³/mol. The van der Waals surface area contributed by atoms with Gasteiger partial charge in [0, 0.05) is 13.1 Å². The summed E-state index contributed by atoms with van der Waals surface area (Å²) in [6, 6.07) is 6.49. The van der Waals surface area contributed by atoms with Gasteiger partial charge in [0.25, 0.3) is 0 Å². The Morgan fingerprint density at radius 1 is 1.40 bits per heavy atom. The van der Waals surface area contributed by atoms with Crippen molar-refractivity contribution in [3.63, 3.8) is 0 Å². The van der Waals surface area contributed by atoms with Crippen molar-refractivity contribution in [2.75, 3.05) is 13.1 Å². The maximum absolute atomic E-state index is 12.5. The third-order valence-corrected chi connectivity index (χ3v) is 5.85. The zero-order valence-electron chi connectivity index (χ0n) is 11.8. The maximum Gasteiger partial charge on any atom is 0.243 e. The Balaban J connectivity index is 2.28. The van der Waals surface area contributed by atoms with Crippen LogP contribution in [0.2, 0.25) is 0 Å². The molecule has 1 aliphatic heterocycles. The van der Waals surface area contributed by atoms with E-state index in [-0.39, 0.29) is 23.9 Å². The third-order valence-electron chi connectivity index (χ3n) is 3.90. The summed E-state index contributed by atoms with van der Waals surface area (Å²) in [7, 11) is -3.60. The second-order valence-corrected chi connectivity index (χ2v) is 7.53. The van der Waals surface area contributed by atoms with Gasteiger partial charge in [0.1, 0.15) is 0 Å². The molecule has 1 saturated heterocycles. The molecule has 1 heterocycles. The maximum atomic E-state index is 12.5. The number of benzene rings is 1. The average molecular weight is 294 g/mol. The molecule has 0 aliphatic carbocycles. The molecule has 1 fully saturated rings. The Kier molecular flexibility index (Phi) is 3.63. The number of β-amino-alcohol motifs (C(OH)–C–C–N with tert-alkyl or cyclic N) is 1. The van der Waals surface area contributed by atoms with Crippen LogP contribution in [0.3, 0.4) is 0 Å². The molecule has 0 aromatic heterocycles. The number of rotatable bonds is 3. The highest BCUT2D eigenvalue weighted by Crippen LogP contribution is 2.34. The number of nitriles is 1. The standard InChI is InChI=1S/C14H18N2O3S/c1-10(2)14(17)8-16(9-14)20(18,19)13-5-4-12(7-15)6-11(13)3/h4-6,10,17H,8-9H2,1-3H3. The van der Waals surface area contributed by atoms with E-state index in [1.165, 1.54) is 16.4 Å². The Morgan fingerprint density at radius 3 is 2.45 bits per heavy atom. The highest BCUT2D eigenvalue weighted by atomic mass is 32.2. The molecule has 5 nitrogen and oxygen atoms in total. The van der Waals surface area contributed by atoms with Crippen LogP contribution < -0.4 is 0 Å². The lowest BCUT2D eigenvalue weighted by Gasteiger charge is -2.48. The van der Waals surface area contributed by atoms with Crippen LogP contribution in [0.25, 0.3) is 0 Å². The quantitative estimate of drug-likeness (QED) is 0.910. The fraction of sp³-hybridized carbons (Fsp3) is 0.500. The molecule has 1 aromatic carbocycles. The molecule has 1 aromatic rings. The number of hydrogen-bond acceptors (Lipinski definition) is 4. The lowest BCUT2D eigenvalue weighted by atomic mass is 9.85. The molecule has 1 N–H and O–H groups in total. The van der Waals surface area contributed by atoms with Gasteiger partial charge in [-0.1, -0.05) is 13.8 Å². The van der Waals surface area contributed by atoms with Gasteiger partial charge in [0.2, 0.25) is 10.0 Å². The fourth-order valence-electron chi connectivity index (χ4n) is 2.25. The molecule has 0 spiro atoms. The number of sulfonamides is 1. The first-order chi connectivity index (χ1) is 9.20. The summed E-state index contributed by atoms with van der Waals surface area (Å²) < 4.78 is 26.2. The van der Waals surface area contributed by atoms with E-state index in [9.17, 15) is 13.5 Å². The van der Waals surface area contributed by atoms with Crippen molar-refractivity contribution in [1.82, 2.24) is 4.31 Å². The van der Waals surface area contributed by atoms with Gasteiger partial charge in [-0.25, -0.2) is 8.42 Å². The second kappa shape index (κ2) is 4.85. The van der Waals surface area contributed by atoms with Crippen LogP contribution in [-0.4, -0.2) is 36.5 Å². The summed E-state index contributed by atoms with van der Waals surface area (Å²) in [5, 5.41) is 19.0. The number of hydrogen-bond donors (Lipinski definition) is 1. The highest BCUT2D eigenvalue weighted by Gasteiger charge is 2.49. The minimum Gasteiger partial charge on any atom is -0.387 e. The van der Waals surface area contributed by atoms with E-state index >= 15 is 0 Å². The van der Waals surface area contributed by atoms with E-state index in [0.29, 0.717) is 11.1 Å². The van der Waals surface area contributed by atoms with Crippen molar-refractivity contribution in [1.29, 1.82) is 5.26 Å². The first kappa shape index (κ1) is 15.0. The molecule has 0 unspecified atom stereocenters. The molecule has 2 rings (SSSR count). The topological polar surface area (TPSA) is 81.4 Å². The van der Waals surface area contributed by atoms with Crippen LogP contribution in [0.1, 0.15) is 25.0 Å². The van der Waals surface area contributed by atoms with Crippen LogP contribution >= 0.6 is 0 Å². The molecular weight excluding hydrogens is 276 g/mol. The summed E-state index contributed by atoms with van der Waals surface area (Å²) >= 11 is 0. The van der Waals surface area contributed by atoms with Crippen LogP contribution in [0.5, 0.6) is 0 Å². The van der Waals surface area contributed by atoms with Crippen molar-refractivity contribution >= 4 is 10.0 Å². The molecule has 0 saturated carbocycles. The molecule has 6 heteroatoms. The minimum absolute atomic E-state index is 0.0102. The number of nitrogens with zero attached hydrogens (tertiary/aromatic N) is 2. The van der Waals surface area contributed by atoms with Gasteiger partial charge < -0.3 is 5.11 Å². The predicted octanol–water partition coefficient (Wildman–Crippen LogP) is 1.26. The van der Waals surface area contributed by atoms with E-state index in [2.05, 4.69) is 0 Å². The molecular formula is C14H18N2O3S. The first-order valence-corrected chi connectivity index (χ1v) is 7.88. The van der Waals surface area contributed by atoms with Crippen molar-refractivity contribution in [3.05, 3.63) is 29.3 Å². The highest BCUT2D eigenvalue weighted by molar-refractivity contribution is 7.89. The summed E-state index contributed by atoms with van der Waals surface area (Å²) in [5.74, 6) is 0.0102. The van der Waals surface area contributed by atoms with Gasteiger partial charge >= 0.3 is 0 Å². The lowest BCUT2D eigenvalue weighted by Crippen LogP contribution is -2.65. The zero-order valence-corrected chi connectivity index (χ0v) is 12.6. The van der Waals surface area contributed by atoms with Crippen molar-refractivity contribution in [3.8, 4) is 6.07 Å². The zero-order chi connectivity index (χ0) is 15.1. The Morgan fingerprint density at radius 2 is 2.00 bits per heavy atom. The van der Waals surface area contributed by atoms with Crippen molar-refractivity contribution in [2.45, 2.75) is 31.3 Å². The van der Waals surface area contributed by atoms with E-state index < -0.39 is 15.6 Å². The largest absolute Gasteiger partial charge is 0.387 e. The van der Waals surface area contributed by atoms with Gasteiger partial charge in [-0.3, -0.25) is 0 Å². The summed E-state index contributed by atoms with van der Waals surface area (Å²) in [5.41, 5.74) is 0.0425. The fourth-order valence-corrected chi connectivity index (χ4v) is 4.02. The van der Waals surface area contributed by atoms with E-state index in [1.807, 2.05) is 19.9 Å². The molecule has 108 valence electrons. The number of aryl methyl sites for hydroxylation is 1. The van der Waals surface area contributed by atoms with Gasteiger partial charge in [-0.2, -0.15) is 9.57 Å². The van der Waals surface area contributed by atoms with Gasteiger partial charge in [0.15, 0.2) is 0 Å². The van der Waals surface area contributed by atoms with Gasteiger partial charge in [0.05, 0.1) is 22.1 Å². The molecule has 0 atom stereocenters. The molecule has 0 amide bonds. The van der Waals surface area contributed by atoms with Crippen LogP contribution in [0.4, 0.5) is 0 Å². The third kappa shape index (κ3) is 2.33. The van der Waals surface area contributed by atoms with Crippen molar-refractivity contribution in [2.24, 2.45) is 5.92 Å². The van der Waals surface area contributed by atoms with Crippen molar-refractivity contribution < 1.29 is 13.5 Å². The summed E-state index contributed by atoms with van der Waals surface area (Å²) in [4.78, 5) is 0.197. The van der Waals surface area contributed by atoms with Crippen LogP contribution in [-0.2, 0) is 10.0 Å². The Bertz CT molecular complexity index is 668. The minimum atomic E-state index is -3.60. The first-order valence-electron chi connectivity index (χ1n) is 6.44. The monoisotopic (exact) mass is 294 g/mol. The van der Waals surface area contributed by atoms with Gasteiger partial charge in [-0.05, 0) is 36.6 Å². The Labute approximate surface area is 119 Å². The Hall–Kier alpha value is -1.42. The average Bonchev–Trinajstić information content (AvgIpc) is 2.33.